The molecular formula is C10H12N2O3. The van der Waals surface area contributed by atoms with E-state index in [2.05, 4.69) is 0 Å². The van der Waals surface area contributed by atoms with E-state index in [9.17, 15) is 9.59 Å². The zero-order valence-electron chi connectivity index (χ0n) is 8.01. The monoisotopic (exact) mass is 208 g/mol. The van der Waals surface area contributed by atoms with Crippen LogP contribution in [0.25, 0.3) is 0 Å². The highest BCUT2D eigenvalue weighted by Gasteiger charge is 2.11. The van der Waals surface area contributed by atoms with Gasteiger partial charge in [0.25, 0.3) is 0 Å². The maximum atomic E-state index is 10.7. The van der Waals surface area contributed by atoms with Crippen LogP contribution in [0.15, 0.2) is 24.3 Å². The molecular weight excluding hydrogens is 196 g/mol. The van der Waals surface area contributed by atoms with E-state index < -0.39 is 17.9 Å². The number of hydrogen-bond acceptors (Lipinski definition) is 3. The molecule has 0 spiro atoms. The quantitative estimate of drug-likeness (QED) is 0.633. The fraction of sp³-hybridized carbons (Fsp3) is 0.200. The normalized spacial score (nSPS) is 12.1. The second-order valence-electron chi connectivity index (χ2n) is 3.21. The Labute approximate surface area is 86.7 Å². The first kappa shape index (κ1) is 11.2. The Balaban J connectivity index is 2.72. The summed E-state index contributed by atoms with van der Waals surface area (Å²) >= 11 is 0. The molecule has 0 aliphatic heterocycles. The molecule has 5 nitrogen and oxygen atoms in total. The van der Waals surface area contributed by atoms with Crippen LogP contribution in [0.2, 0.25) is 0 Å². The molecule has 0 fully saturated rings. The number of carbonyl (C=O) groups is 2. The molecule has 1 aromatic carbocycles. The Morgan fingerprint density at radius 2 is 1.80 bits per heavy atom. The molecule has 1 atom stereocenters. The standard InChI is InChI=1S/C10H12N2O3/c11-8(10(14)15)5-6-1-3-7(4-2-6)9(12)13/h1-4,8H,5,11H2,(H2,12,13)(H,14,15). The van der Waals surface area contributed by atoms with Crippen molar-refractivity contribution in [2.24, 2.45) is 11.5 Å². The summed E-state index contributed by atoms with van der Waals surface area (Å²) in [5.41, 5.74) is 11.6. The molecule has 80 valence electrons. The van der Waals surface area contributed by atoms with Gasteiger partial charge in [0, 0.05) is 5.56 Å². The van der Waals surface area contributed by atoms with Gasteiger partial charge in [-0.15, -0.1) is 0 Å². The van der Waals surface area contributed by atoms with Crippen molar-refractivity contribution < 1.29 is 14.7 Å². The Morgan fingerprint density at radius 3 is 2.20 bits per heavy atom. The second-order valence-corrected chi connectivity index (χ2v) is 3.21. The minimum atomic E-state index is -1.05. The van der Waals surface area contributed by atoms with Gasteiger partial charge in [-0.3, -0.25) is 9.59 Å². The Kier molecular flexibility index (Phi) is 3.41. The smallest absolute Gasteiger partial charge is 0.320 e. The summed E-state index contributed by atoms with van der Waals surface area (Å²) in [6, 6.07) is 5.45. The number of aliphatic carboxylic acids is 1. The van der Waals surface area contributed by atoms with Crippen molar-refractivity contribution in [1.29, 1.82) is 0 Å². The molecule has 0 saturated carbocycles. The number of amides is 1. The van der Waals surface area contributed by atoms with Crippen LogP contribution in [-0.2, 0) is 11.2 Å². The number of benzene rings is 1. The van der Waals surface area contributed by atoms with Gasteiger partial charge in [-0.05, 0) is 24.1 Å². The summed E-state index contributed by atoms with van der Waals surface area (Å²) in [4.78, 5) is 21.2. The lowest BCUT2D eigenvalue weighted by Gasteiger charge is -2.06. The molecule has 0 heterocycles. The fourth-order valence-electron chi connectivity index (χ4n) is 1.15. The maximum absolute atomic E-state index is 10.7. The summed E-state index contributed by atoms with van der Waals surface area (Å²) in [5, 5.41) is 8.59. The number of rotatable bonds is 4. The summed E-state index contributed by atoms with van der Waals surface area (Å²) in [5.74, 6) is -1.56. The van der Waals surface area contributed by atoms with E-state index in [1.807, 2.05) is 0 Å². The molecule has 1 aromatic rings. The maximum Gasteiger partial charge on any atom is 0.320 e. The first-order chi connectivity index (χ1) is 7.00. The molecule has 0 saturated heterocycles. The lowest BCUT2D eigenvalue weighted by Crippen LogP contribution is -2.32. The predicted octanol–water partition coefficient (Wildman–Crippen LogP) is -0.260. The van der Waals surface area contributed by atoms with Crippen molar-refractivity contribution in [1.82, 2.24) is 0 Å². The van der Waals surface area contributed by atoms with E-state index in [1.165, 1.54) is 0 Å². The Morgan fingerprint density at radius 1 is 1.27 bits per heavy atom. The number of carbonyl (C=O) groups excluding carboxylic acids is 1. The predicted molar refractivity (Wildman–Crippen MR) is 54.3 cm³/mol. The van der Waals surface area contributed by atoms with Gasteiger partial charge in [0.2, 0.25) is 5.91 Å². The molecule has 1 amide bonds. The van der Waals surface area contributed by atoms with Crippen molar-refractivity contribution in [2.75, 3.05) is 0 Å². The van der Waals surface area contributed by atoms with Crippen LogP contribution in [0.4, 0.5) is 0 Å². The Bertz CT molecular complexity index is 373. The van der Waals surface area contributed by atoms with E-state index in [4.69, 9.17) is 16.6 Å². The van der Waals surface area contributed by atoms with Crippen LogP contribution in [0.1, 0.15) is 15.9 Å². The summed E-state index contributed by atoms with van der Waals surface area (Å²) in [6.45, 7) is 0. The zero-order valence-corrected chi connectivity index (χ0v) is 8.01. The van der Waals surface area contributed by atoms with Crippen molar-refractivity contribution in [3.05, 3.63) is 35.4 Å². The number of nitrogens with two attached hydrogens (primary N) is 2. The van der Waals surface area contributed by atoms with E-state index in [-0.39, 0.29) is 6.42 Å². The van der Waals surface area contributed by atoms with Gasteiger partial charge in [-0.2, -0.15) is 0 Å². The van der Waals surface area contributed by atoms with Gasteiger partial charge in [0.1, 0.15) is 6.04 Å². The molecule has 0 radical (unpaired) electrons. The highest BCUT2D eigenvalue weighted by molar-refractivity contribution is 5.92. The van der Waals surface area contributed by atoms with Crippen molar-refractivity contribution >= 4 is 11.9 Å². The average molecular weight is 208 g/mol. The first-order valence-electron chi connectivity index (χ1n) is 4.38. The van der Waals surface area contributed by atoms with Gasteiger partial charge < -0.3 is 16.6 Å². The van der Waals surface area contributed by atoms with Gasteiger partial charge in [0.05, 0.1) is 0 Å². The second kappa shape index (κ2) is 4.56. The van der Waals surface area contributed by atoms with Crippen LogP contribution in [-0.4, -0.2) is 23.0 Å². The highest BCUT2D eigenvalue weighted by atomic mass is 16.4. The fourth-order valence-corrected chi connectivity index (χ4v) is 1.15. The minimum Gasteiger partial charge on any atom is -0.480 e. The molecule has 1 unspecified atom stereocenters. The van der Waals surface area contributed by atoms with Crippen LogP contribution >= 0.6 is 0 Å². The lowest BCUT2D eigenvalue weighted by atomic mass is 10.0. The third-order valence-corrected chi connectivity index (χ3v) is 2.01. The Hall–Kier alpha value is -1.88. The van der Waals surface area contributed by atoms with Crippen LogP contribution in [0.3, 0.4) is 0 Å². The molecule has 0 aliphatic rings. The zero-order chi connectivity index (χ0) is 11.4. The first-order valence-corrected chi connectivity index (χ1v) is 4.38. The van der Waals surface area contributed by atoms with Crippen molar-refractivity contribution in [3.63, 3.8) is 0 Å². The largest absolute Gasteiger partial charge is 0.480 e. The summed E-state index contributed by atoms with van der Waals surface area (Å²) < 4.78 is 0. The van der Waals surface area contributed by atoms with Crippen LogP contribution in [0.5, 0.6) is 0 Å². The van der Waals surface area contributed by atoms with E-state index in [0.717, 1.165) is 5.56 Å². The highest BCUT2D eigenvalue weighted by Crippen LogP contribution is 2.06. The number of primary amides is 1. The molecule has 1 rings (SSSR count). The summed E-state index contributed by atoms with van der Waals surface area (Å²) in [7, 11) is 0. The number of carboxylic acids is 1. The molecule has 15 heavy (non-hydrogen) atoms. The van der Waals surface area contributed by atoms with E-state index >= 15 is 0 Å². The molecule has 0 aliphatic carbocycles. The number of hydrogen-bond donors (Lipinski definition) is 3. The van der Waals surface area contributed by atoms with Gasteiger partial charge >= 0.3 is 5.97 Å². The van der Waals surface area contributed by atoms with Crippen molar-refractivity contribution in [2.45, 2.75) is 12.5 Å². The van der Waals surface area contributed by atoms with Crippen LogP contribution in [0, 0.1) is 0 Å². The van der Waals surface area contributed by atoms with Gasteiger partial charge in [0.15, 0.2) is 0 Å². The van der Waals surface area contributed by atoms with Crippen LogP contribution < -0.4 is 11.5 Å². The molecule has 5 N–H and O–H groups in total. The topological polar surface area (TPSA) is 106 Å². The van der Waals surface area contributed by atoms with E-state index in [1.54, 1.807) is 24.3 Å². The summed E-state index contributed by atoms with van der Waals surface area (Å²) in [6.07, 6.45) is 0.231. The third kappa shape index (κ3) is 3.07. The molecule has 5 heteroatoms. The average Bonchev–Trinajstić information content (AvgIpc) is 2.18. The van der Waals surface area contributed by atoms with Gasteiger partial charge in [-0.1, -0.05) is 12.1 Å². The van der Waals surface area contributed by atoms with Crippen molar-refractivity contribution in [3.8, 4) is 0 Å². The SMILES string of the molecule is NC(=O)c1ccc(CC(N)C(=O)O)cc1. The molecule has 0 bridgehead atoms. The van der Waals surface area contributed by atoms with E-state index in [0.29, 0.717) is 5.56 Å². The number of carboxylic acid groups (broad SMARTS) is 1. The lowest BCUT2D eigenvalue weighted by molar-refractivity contribution is -0.138. The molecule has 0 aromatic heterocycles. The van der Waals surface area contributed by atoms with Gasteiger partial charge in [-0.25, -0.2) is 0 Å². The minimum absolute atomic E-state index is 0.231. The third-order valence-electron chi connectivity index (χ3n) is 2.01.